The summed E-state index contributed by atoms with van der Waals surface area (Å²) in [5.41, 5.74) is 8.34. The molecule has 274 valence electrons. The first-order chi connectivity index (χ1) is 25.5. The molecule has 3 amide bonds. The van der Waals surface area contributed by atoms with E-state index in [-0.39, 0.29) is 51.1 Å². The van der Waals surface area contributed by atoms with Crippen LogP contribution >= 0.6 is 23.1 Å². The van der Waals surface area contributed by atoms with Crippen molar-refractivity contribution in [2.45, 2.75) is 62.7 Å². The van der Waals surface area contributed by atoms with Crippen LogP contribution in [0, 0.1) is 0 Å². The van der Waals surface area contributed by atoms with Crippen molar-refractivity contribution in [3.63, 3.8) is 0 Å². The largest absolute Gasteiger partial charge is 0.543 e. The number of hydrogen-bond donors (Lipinski definition) is 3. The third-order valence-electron chi connectivity index (χ3n) is 9.51. The van der Waals surface area contributed by atoms with Crippen molar-refractivity contribution in [3.05, 3.63) is 99.5 Å². The molecule has 2 atom stereocenters. The number of allylic oxidation sites excluding steroid dienone is 1. The molecule has 1 aromatic carbocycles. The van der Waals surface area contributed by atoms with Gasteiger partial charge in [0.05, 0.1) is 17.2 Å². The molecule has 4 aliphatic rings. The molecule has 0 radical (unpaired) electrons. The van der Waals surface area contributed by atoms with Gasteiger partial charge in [-0.15, -0.1) is 23.1 Å². The predicted octanol–water partition coefficient (Wildman–Crippen LogP) is 1.19. The fourth-order valence-electron chi connectivity index (χ4n) is 6.72. The Labute approximate surface area is 311 Å². The van der Waals surface area contributed by atoms with E-state index in [2.05, 4.69) is 15.5 Å². The number of carboxylic acids is 2. The summed E-state index contributed by atoms with van der Waals surface area (Å²) >= 11 is 2.40. The third-order valence-corrected chi connectivity index (χ3v) is 11.5. The van der Waals surface area contributed by atoms with Crippen LogP contribution in [-0.4, -0.2) is 85.1 Å². The van der Waals surface area contributed by atoms with E-state index >= 15 is 0 Å². The van der Waals surface area contributed by atoms with Gasteiger partial charge in [-0.25, -0.2) is 14.3 Å². The van der Waals surface area contributed by atoms with E-state index < -0.39 is 35.2 Å². The second-order valence-electron chi connectivity index (χ2n) is 13.1. The molecule has 3 aromatic rings. The standard InChI is InChI=1S/C36H35N7O8S2/c37-36-38-26(19-53-36)27(40-51-25-3-1-2-4-25)30(44)39-28-32(46)43-29(35(49)50)24(18-52-33(28)43)15-23-11-14-42(31(23)45)17-21-9-12-41(13-10-21)16-20-5-7-22(8-6-20)34(47)48/h5-10,12-13,15,19,25,28,33H,1-4,11,14,16-18H2,(H4-,37,38,39,44,47,48,49,50)/b23-15+,40-27-/t28-,33-/m1/s1. The number of anilines is 1. The number of carbonyl (C=O) groups is 5. The topological polar surface area (TPSA) is 212 Å². The van der Waals surface area contributed by atoms with Gasteiger partial charge in [-0.05, 0) is 61.4 Å². The van der Waals surface area contributed by atoms with Crippen LogP contribution in [0.2, 0.25) is 0 Å². The van der Waals surface area contributed by atoms with Crippen molar-refractivity contribution >= 4 is 63.6 Å². The molecule has 5 heterocycles. The highest BCUT2D eigenvalue weighted by atomic mass is 32.2. The number of carbonyl (C=O) groups excluding carboxylic acids is 4. The molecule has 0 spiro atoms. The number of nitrogens with one attached hydrogen (secondary N) is 1. The van der Waals surface area contributed by atoms with E-state index in [0.717, 1.165) is 53.0 Å². The molecule has 4 N–H and O–H groups in total. The monoisotopic (exact) mass is 757 g/mol. The van der Waals surface area contributed by atoms with Crippen molar-refractivity contribution in [3.8, 4) is 0 Å². The molecule has 1 saturated carbocycles. The maximum atomic E-state index is 13.4. The average Bonchev–Trinajstić information content (AvgIpc) is 3.91. The van der Waals surface area contributed by atoms with Crippen molar-refractivity contribution in [2.24, 2.45) is 5.16 Å². The zero-order chi connectivity index (χ0) is 37.2. The predicted molar refractivity (Wildman–Crippen MR) is 191 cm³/mol. The molecule has 7 rings (SSSR count). The Hall–Kier alpha value is -5.55. The van der Waals surface area contributed by atoms with Gasteiger partial charge >= 0.3 is 5.97 Å². The van der Waals surface area contributed by atoms with Crippen molar-refractivity contribution < 1.29 is 43.6 Å². The van der Waals surface area contributed by atoms with E-state index in [4.69, 9.17) is 15.7 Å². The number of likely N-dealkylation sites (tertiary alicyclic amines) is 1. The number of oxime groups is 1. The lowest BCUT2D eigenvalue weighted by molar-refractivity contribution is -0.688. The number of fused-ring (bicyclic) bond motifs is 1. The highest BCUT2D eigenvalue weighted by molar-refractivity contribution is 8.00. The zero-order valence-corrected chi connectivity index (χ0v) is 29.9. The second kappa shape index (κ2) is 15.2. The van der Waals surface area contributed by atoms with Gasteiger partial charge in [-0.1, -0.05) is 17.3 Å². The van der Waals surface area contributed by atoms with Crippen LogP contribution in [0.4, 0.5) is 5.13 Å². The minimum absolute atomic E-state index is 0.123. The summed E-state index contributed by atoms with van der Waals surface area (Å²) in [6.45, 7) is 1.34. The molecule has 3 fully saturated rings. The highest BCUT2D eigenvalue weighted by Gasteiger charge is 2.53. The Morgan fingerprint density at radius 1 is 1.11 bits per heavy atom. The van der Waals surface area contributed by atoms with Crippen LogP contribution in [0.15, 0.2) is 82.2 Å². The first kappa shape index (κ1) is 35.8. The maximum Gasteiger partial charge on any atom is 0.335 e. The molecule has 3 aliphatic heterocycles. The normalized spacial score (nSPS) is 21.2. The third kappa shape index (κ3) is 7.66. The van der Waals surface area contributed by atoms with Gasteiger partial charge in [-0.2, -0.15) is 0 Å². The number of β-lactam (4-membered cyclic amide) rings is 1. The minimum Gasteiger partial charge on any atom is -0.543 e. The quantitative estimate of drug-likeness (QED) is 0.0785. The second-order valence-corrected chi connectivity index (χ2v) is 15.1. The van der Waals surface area contributed by atoms with Crippen LogP contribution in [0.5, 0.6) is 0 Å². The van der Waals surface area contributed by atoms with Crippen LogP contribution in [0.1, 0.15) is 59.3 Å². The molecule has 0 bridgehead atoms. The number of thiazole rings is 1. The summed E-state index contributed by atoms with van der Waals surface area (Å²) in [5.74, 6) is -3.91. The van der Waals surface area contributed by atoms with Crippen LogP contribution in [0.3, 0.4) is 0 Å². The van der Waals surface area contributed by atoms with E-state index in [1.54, 1.807) is 40.6 Å². The van der Waals surface area contributed by atoms with Gasteiger partial charge in [0, 0.05) is 47.5 Å². The van der Waals surface area contributed by atoms with Gasteiger partial charge in [0.1, 0.15) is 23.2 Å². The SMILES string of the molecule is Nc1nc(/C(=N/OC2CCCC2)C(=O)N[C@@H]2C(=O)N3C(C(=O)[O-])=C(/C=C4\CCN(Cc5cc[n+](Cc6ccc(C(=O)O)cc6)cc5)C4=O)CS[C@H]23)cs1. The molecular formula is C36H35N7O8S2. The number of nitrogen functional groups attached to an aromatic ring is 1. The first-order valence-corrected chi connectivity index (χ1v) is 18.9. The van der Waals surface area contributed by atoms with Gasteiger partial charge in [0.15, 0.2) is 29.8 Å². The smallest absolute Gasteiger partial charge is 0.335 e. The summed E-state index contributed by atoms with van der Waals surface area (Å²) < 4.78 is 1.95. The summed E-state index contributed by atoms with van der Waals surface area (Å²) in [5, 5.41) is 29.4. The summed E-state index contributed by atoms with van der Waals surface area (Å²) in [7, 11) is 0. The Balaban J connectivity index is 0.998. The Morgan fingerprint density at radius 3 is 2.51 bits per heavy atom. The van der Waals surface area contributed by atoms with E-state index in [1.165, 1.54) is 11.8 Å². The molecule has 2 saturated heterocycles. The fraction of sp³-hybridized carbons (Fsp3) is 0.333. The number of benzene rings is 1. The number of pyridine rings is 1. The Bertz CT molecular complexity index is 2060. The summed E-state index contributed by atoms with van der Waals surface area (Å²) in [6, 6.07) is 9.44. The number of nitrogens with two attached hydrogens (primary N) is 1. The first-order valence-electron chi connectivity index (χ1n) is 17.0. The molecule has 15 nitrogen and oxygen atoms in total. The molecule has 1 aliphatic carbocycles. The van der Waals surface area contributed by atoms with Gasteiger partial charge in [-0.3, -0.25) is 19.3 Å². The molecule has 53 heavy (non-hydrogen) atoms. The fourth-order valence-corrected chi connectivity index (χ4v) is 8.57. The number of hydrogen-bond acceptors (Lipinski definition) is 12. The van der Waals surface area contributed by atoms with Gasteiger partial charge in [0.2, 0.25) is 5.91 Å². The minimum atomic E-state index is -1.55. The zero-order valence-electron chi connectivity index (χ0n) is 28.3. The number of carboxylic acid groups (broad SMARTS) is 2. The lowest BCUT2D eigenvalue weighted by atomic mass is 10.0. The number of thioether (sulfide) groups is 1. The molecule has 17 heteroatoms. The number of aromatic carboxylic acids is 1. The van der Waals surface area contributed by atoms with Crippen LogP contribution < -0.4 is 20.7 Å². The molecule has 0 unspecified atom stereocenters. The number of aromatic nitrogens is 2. The summed E-state index contributed by atoms with van der Waals surface area (Å²) in [6.07, 6.45) is 9.23. The van der Waals surface area contributed by atoms with Crippen molar-refractivity contribution in [1.82, 2.24) is 20.1 Å². The number of amides is 3. The van der Waals surface area contributed by atoms with Crippen LogP contribution in [-0.2, 0) is 37.1 Å². The van der Waals surface area contributed by atoms with E-state index in [9.17, 15) is 29.1 Å². The Morgan fingerprint density at radius 2 is 1.85 bits per heavy atom. The van der Waals surface area contributed by atoms with Gasteiger partial charge in [0.25, 0.3) is 11.8 Å². The maximum absolute atomic E-state index is 13.4. The highest BCUT2D eigenvalue weighted by Crippen LogP contribution is 2.41. The van der Waals surface area contributed by atoms with Crippen molar-refractivity contribution in [2.75, 3.05) is 18.0 Å². The van der Waals surface area contributed by atoms with Crippen molar-refractivity contribution in [1.29, 1.82) is 0 Å². The van der Waals surface area contributed by atoms with Gasteiger partial charge < -0.3 is 35.8 Å². The lowest BCUT2D eigenvalue weighted by Crippen LogP contribution is -2.71. The Kier molecular flexibility index (Phi) is 10.3. The number of nitrogens with zero attached hydrogens (tertiary/aromatic N) is 5. The van der Waals surface area contributed by atoms with Crippen LogP contribution in [0.25, 0.3) is 0 Å². The summed E-state index contributed by atoms with van der Waals surface area (Å²) in [4.78, 5) is 76.3. The number of aliphatic carboxylic acids is 1. The number of rotatable bonds is 12. The lowest BCUT2D eigenvalue weighted by Gasteiger charge is -2.50. The van der Waals surface area contributed by atoms with E-state index in [1.807, 2.05) is 29.1 Å². The molecular weight excluding hydrogens is 723 g/mol. The molecule has 2 aromatic heterocycles. The van der Waals surface area contributed by atoms with E-state index in [0.29, 0.717) is 31.6 Å². The average molecular weight is 758 g/mol.